The highest BCUT2D eigenvalue weighted by atomic mass is 19.2. The molecule has 0 bridgehead atoms. The van der Waals surface area contributed by atoms with E-state index < -0.39 is 29.2 Å². The van der Waals surface area contributed by atoms with Gasteiger partial charge in [0.15, 0.2) is 0 Å². The molecule has 3 nitrogen and oxygen atoms in total. The topological polar surface area (TPSA) is 34.1 Å². The van der Waals surface area contributed by atoms with Crippen molar-refractivity contribution in [1.82, 2.24) is 4.98 Å². The number of hydrogen-bond acceptors (Lipinski definition) is 3. The van der Waals surface area contributed by atoms with Crippen molar-refractivity contribution in [2.45, 2.75) is 12.8 Å². The lowest BCUT2D eigenvalue weighted by molar-refractivity contribution is 0.308. The number of rotatable bonds is 7. The van der Waals surface area contributed by atoms with E-state index in [4.69, 9.17) is 4.74 Å². The first-order valence-electron chi connectivity index (χ1n) is 6.81. The van der Waals surface area contributed by atoms with Gasteiger partial charge in [-0.25, -0.2) is 4.39 Å². The number of ether oxygens (including phenoxy) is 1. The number of nitrogens with zero attached hydrogens (tertiary/aromatic N) is 1. The van der Waals surface area contributed by atoms with Gasteiger partial charge < -0.3 is 10.1 Å². The lowest BCUT2D eigenvalue weighted by Crippen LogP contribution is -2.11. The zero-order valence-corrected chi connectivity index (χ0v) is 11.9. The fourth-order valence-corrected chi connectivity index (χ4v) is 1.80. The summed E-state index contributed by atoms with van der Waals surface area (Å²) in [6.45, 7) is 0.390. The summed E-state index contributed by atoms with van der Waals surface area (Å²) in [5.74, 6) is -6.41. The fourth-order valence-electron chi connectivity index (χ4n) is 1.80. The summed E-state index contributed by atoms with van der Waals surface area (Å²) in [5.41, 5.74) is -0.880. The van der Waals surface area contributed by atoms with E-state index in [-0.39, 0.29) is 12.4 Å². The Labute approximate surface area is 129 Å². The summed E-state index contributed by atoms with van der Waals surface area (Å²) >= 11 is 0. The third-order valence-corrected chi connectivity index (χ3v) is 2.95. The summed E-state index contributed by atoms with van der Waals surface area (Å²) < 4.78 is 70.4. The Morgan fingerprint density at radius 2 is 1.48 bits per heavy atom. The Balaban J connectivity index is 1.75. The van der Waals surface area contributed by atoms with Gasteiger partial charge in [-0.3, -0.25) is 0 Å². The molecule has 0 aliphatic heterocycles. The molecule has 1 aromatic heterocycles. The van der Waals surface area contributed by atoms with Gasteiger partial charge in [0.05, 0.1) is 6.61 Å². The Morgan fingerprint density at radius 3 is 2.09 bits per heavy atom. The van der Waals surface area contributed by atoms with Crippen LogP contribution in [0.5, 0.6) is 5.75 Å². The number of nitrogens with one attached hydrogen (secondary N) is 1. The molecule has 0 saturated carbocycles. The number of anilines is 1. The monoisotopic (exact) mass is 332 g/mol. The highest BCUT2D eigenvalue weighted by molar-refractivity contribution is 5.45. The van der Waals surface area contributed by atoms with Crippen molar-refractivity contribution in [3.8, 4) is 5.75 Å². The van der Waals surface area contributed by atoms with E-state index in [2.05, 4.69) is 10.3 Å². The van der Waals surface area contributed by atoms with Crippen molar-refractivity contribution in [2.75, 3.05) is 18.5 Å². The molecular weight excluding hydrogens is 319 g/mol. The van der Waals surface area contributed by atoms with Crippen LogP contribution in [0.4, 0.5) is 27.6 Å². The van der Waals surface area contributed by atoms with E-state index in [0.717, 1.165) is 0 Å². The van der Waals surface area contributed by atoms with Crippen molar-refractivity contribution in [1.29, 1.82) is 0 Å². The molecule has 2 rings (SSSR count). The Morgan fingerprint density at radius 1 is 0.870 bits per heavy atom. The zero-order valence-electron chi connectivity index (χ0n) is 11.9. The first kappa shape index (κ1) is 17.0. The molecule has 124 valence electrons. The number of halogens is 5. The third-order valence-electron chi connectivity index (χ3n) is 2.95. The quantitative estimate of drug-likeness (QED) is 0.472. The van der Waals surface area contributed by atoms with Crippen molar-refractivity contribution in [3.05, 3.63) is 53.6 Å². The second-order valence-electron chi connectivity index (χ2n) is 4.63. The molecule has 0 amide bonds. The zero-order chi connectivity index (χ0) is 16.8. The predicted octanol–water partition coefficient (Wildman–Crippen LogP) is 4.05. The van der Waals surface area contributed by atoms with E-state index in [9.17, 15) is 22.0 Å². The van der Waals surface area contributed by atoms with Crippen LogP contribution in [0.1, 0.15) is 12.8 Å². The van der Waals surface area contributed by atoms with E-state index in [1.165, 1.54) is 24.3 Å². The standard InChI is InChI=1S/C15H13F5N2O/c16-9-3-5-10(6-4-9)23-8-2-1-7-21-13-11(17)14(19)22-15(20)12(13)18/h3-6H,1-2,7-8H2,(H,21,22). The number of pyridine rings is 1. The molecule has 23 heavy (non-hydrogen) atoms. The van der Waals surface area contributed by atoms with E-state index in [0.29, 0.717) is 25.2 Å². The van der Waals surface area contributed by atoms with E-state index >= 15 is 0 Å². The highest BCUT2D eigenvalue weighted by Crippen LogP contribution is 2.21. The van der Waals surface area contributed by atoms with E-state index in [1.54, 1.807) is 0 Å². The van der Waals surface area contributed by atoms with Gasteiger partial charge in [0.2, 0.25) is 11.6 Å². The van der Waals surface area contributed by atoms with Crippen LogP contribution < -0.4 is 10.1 Å². The lowest BCUT2D eigenvalue weighted by Gasteiger charge is -2.10. The minimum Gasteiger partial charge on any atom is -0.494 e. The van der Waals surface area contributed by atoms with Gasteiger partial charge >= 0.3 is 0 Å². The maximum absolute atomic E-state index is 13.3. The summed E-state index contributed by atoms with van der Waals surface area (Å²) in [6.07, 6.45) is 0.954. The Hall–Kier alpha value is -2.38. The van der Waals surface area contributed by atoms with Gasteiger partial charge in [0.25, 0.3) is 11.9 Å². The average Bonchev–Trinajstić information content (AvgIpc) is 2.53. The molecule has 0 spiro atoms. The largest absolute Gasteiger partial charge is 0.494 e. The molecule has 1 aromatic carbocycles. The SMILES string of the molecule is Fc1ccc(OCCCCNc2c(F)c(F)nc(F)c2F)cc1. The van der Waals surface area contributed by atoms with E-state index in [1.807, 2.05) is 0 Å². The second-order valence-corrected chi connectivity index (χ2v) is 4.63. The summed E-state index contributed by atoms with van der Waals surface area (Å²) in [5, 5.41) is 2.29. The minimum absolute atomic E-state index is 0.0868. The summed E-state index contributed by atoms with van der Waals surface area (Å²) in [7, 11) is 0. The molecule has 1 N–H and O–H groups in total. The van der Waals surface area contributed by atoms with Gasteiger partial charge in [0.1, 0.15) is 17.3 Å². The first-order chi connectivity index (χ1) is 11.0. The normalized spacial score (nSPS) is 10.7. The van der Waals surface area contributed by atoms with Crippen molar-refractivity contribution >= 4 is 5.69 Å². The van der Waals surface area contributed by atoms with Gasteiger partial charge in [-0.05, 0) is 37.1 Å². The molecule has 2 aromatic rings. The lowest BCUT2D eigenvalue weighted by atomic mass is 10.3. The van der Waals surface area contributed by atoms with Crippen LogP contribution in [-0.2, 0) is 0 Å². The Bertz CT molecular complexity index is 638. The van der Waals surface area contributed by atoms with Gasteiger partial charge in [0, 0.05) is 6.54 Å². The summed E-state index contributed by atoms with van der Waals surface area (Å²) in [6, 6.07) is 5.46. The van der Waals surface area contributed by atoms with Gasteiger partial charge in [-0.15, -0.1) is 0 Å². The second kappa shape index (κ2) is 7.75. The maximum Gasteiger partial charge on any atom is 0.253 e. The summed E-state index contributed by atoms with van der Waals surface area (Å²) in [4.78, 5) is 2.46. The Kier molecular flexibility index (Phi) is 5.72. The molecule has 0 fully saturated rings. The molecule has 0 aliphatic rings. The van der Waals surface area contributed by atoms with Crippen LogP contribution in [0.2, 0.25) is 0 Å². The average molecular weight is 332 g/mol. The third kappa shape index (κ3) is 4.54. The van der Waals surface area contributed by atoms with Crippen LogP contribution in [0.25, 0.3) is 0 Å². The molecular formula is C15H13F5N2O. The number of aromatic nitrogens is 1. The van der Waals surface area contributed by atoms with Crippen molar-refractivity contribution < 1.29 is 26.7 Å². The molecule has 0 radical (unpaired) electrons. The van der Waals surface area contributed by atoms with Gasteiger partial charge in [-0.2, -0.15) is 22.5 Å². The van der Waals surface area contributed by atoms with Crippen molar-refractivity contribution in [3.63, 3.8) is 0 Å². The predicted molar refractivity (Wildman–Crippen MR) is 73.7 cm³/mol. The van der Waals surface area contributed by atoms with Gasteiger partial charge in [-0.1, -0.05) is 0 Å². The molecule has 0 aliphatic carbocycles. The van der Waals surface area contributed by atoms with Crippen LogP contribution in [0.15, 0.2) is 24.3 Å². The van der Waals surface area contributed by atoms with Crippen LogP contribution in [0, 0.1) is 29.3 Å². The molecule has 0 unspecified atom stereocenters. The molecule has 8 heteroatoms. The van der Waals surface area contributed by atoms with Crippen LogP contribution in [-0.4, -0.2) is 18.1 Å². The molecule has 1 heterocycles. The van der Waals surface area contributed by atoms with Crippen LogP contribution >= 0.6 is 0 Å². The number of unbranched alkanes of at least 4 members (excludes halogenated alkanes) is 1. The smallest absolute Gasteiger partial charge is 0.253 e. The number of hydrogen-bond donors (Lipinski definition) is 1. The minimum atomic E-state index is -1.70. The molecule has 0 saturated heterocycles. The highest BCUT2D eigenvalue weighted by Gasteiger charge is 2.20. The fraction of sp³-hybridized carbons (Fsp3) is 0.267. The maximum atomic E-state index is 13.3. The first-order valence-corrected chi connectivity index (χ1v) is 6.81. The molecule has 0 atom stereocenters. The van der Waals surface area contributed by atoms with Crippen LogP contribution in [0.3, 0.4) is 0 Å². The van der Waals surface area contributed by atoms with Crippen molar-refractivity contribution in [2.24, 2.45) is 0 Å². The number of benzene rings is 1.